The Balaban J connectivity index is 1.77. The lowest BCUT2D eigenvalue weighted by molar-refractivity contribution is -0.244. The van der Waals surface area contributed by atoms with Crippen molar-refractivity contribution in [3.8, 4) is 5.75 Å². The quantitative estimate of drug-likeness (QED) is 0.351. The summed E-state index contributed by atoms with van der Waals surface area (Å²) < 4.78 is 11.5. The molecule has 4 rings (SSSR count). The average Bonchev–Trinajstić information content (AvgIpc) is 2.77. The molecule has 1 saturated heterocycles. The van der Waals surface area contributed by atoms with Crippen LogP contribution in [0.5, 0.6) is 5.75 Å². The van der Waals surface area contributed by atoms with E-state index in [1.54, 1.807) is 12.1 Å². The first-order valence-electron chi connectivity index (χ1n) is 9.87. The van der Waals surface area contributed by atoms with E-state index < -0.39 is 61.7 Å². The van der Waals surface area contributed by atoms with Crippen molar-refractivity contribution in [3.05, 3.63) is 41.5 Å². The van der Waals surface area contributed by atoms with Gasteiger partial charge in [0.2, 0.25) is 12.2 Å². The molecule has 0 aliphatic carbocycles. The van der Waals surface area contributed by atoms with Crippen molar-refractivity contribution in [1.29, 1.82) is 0 Å². The molecule has 2 heterocycles. The van der Waals surface area contributed by atoms with Crippen molar-refractivity contribution in [2.45, 2.75) is 37.6 Å². The van der Waals surface area contributed by atoms with Gasteiger partial charge in [-0.2, -0.15) is 0 Å². The molecular formula is C21H22N2O9. The molecule has 170 valence electrons. The number of amides is 3. The fourth-order valence-corrected chi connectivity index (χ4v) is 4.05. The molecule has 0 radical (unpaired) electrons. The van der Waals surface area contributed by atoms with Gasteiger partial charge in [0.25, 0.3) is 11.8 Å². The Morgan fingerprint density at radius 2 is 1.78 bits per heavy atom. The third-order valence-electron chi connectivity index (χ3n) is 5.59. The minimum absolute atomic E-state index is 0.185. The molecule has 2 aromatic carbocycles. The number of ether oxygens (including phenoxy) is 2. The topological polar surface area (TPSA) is 166 Å². The molecule has 0 spiro atoms. The van der Waals surface area contributed by atoms with Gasteiger partial charge in [-0.05, 0) is 18.2 Å². The maximum absolute atomic E-state index is 12.6. The summed E-state index contributed by atoms with van der Waals surface area (Å²) in [4.78, 5) is 37.6. The second-order valence-corrected chi connectivity index (χ2v) is 7.57. The van der Waals surface area contributed by atoms with Crippen LogP contribution in [0.3, 0.4) is 0 Å². The fourth-order valence-electron chi connectivity index (χ4n) is 4.05. The van der Waals surface area contributed by atoms with Gasteiger partial charge in [-0.3, -0.25) is 19.3 Å². The number of benzene rings is 2. The van der Waals surface area contributed by atoms with Crippen LogP contribution in [0.2, 0.25) is 0 Å². The summed E-state index contributed by atoms with van der Waals surface area (Å²) in [5, 5.41) is 42.7. The van der Waals surface area contributed by atoms with Crippen LogP contribution in [0.1, 0.15) is 27.6 Å². The highest BCUT2D eigenvalue weighted by Gasteiger charge is 2.46. The summed E-state index contributed by atoms with van der Waals surface area (Å²) >= 11 is 0. The standard InChI is InChI=1S/C21H22N2O9/c1-9(26)22-16-18(28)17(27)14(7-24)32-21(16)31-13-6-5-12-15-10(13)3-2-4-11(15)19(29)23(8-25)20(12)30/h2-6,14,16-18,21,24-25,27-28H,7-8H2,1H3,(H,22,26)/t14-,16-,17-,18-,21?/m0/s1. The molecule has 5 atom stereocenters. The lowest BCUT2D eigenvalue weighted by Crippen LogP contribution is -2.65. The normalized spacial score (nSPS) is 27.5. The lowest BCUT2D eigenvalue weighted by Gasteiger charge is -2.42. The highest BCUT2D eigenvalue weighted by Crippen LogP contribution is 2.36. The number of hydrogen-bond donors (Lipinski definition) is 5. The predicted octanol–water partition coefficient (Wildman–Crippen LogP) is -1.29. The largest absolute Gasteiger partial charge is 0.462 e. The number of aliphatic hydroxyl groups is 4. The summed E-state index contributed by atoms with van der Waals surface area (Å²) in [6.07, 6.45) is -5.42. The SMILES string of the molecule is CC(=O)N[C@@H]1C(Oc2ccc3c4c(cccc24)C(=O)N(CO)C3=O)O[C@@H](CO)[C@H](O)[C@H]1O. The summed E-state index contributed by atoms with van der Waals surface area (Å²) in [5.74, 6) is -1.63. The van der Waals surface area contributed by atoms with E-state index in [1.165, 1.54) is 25.1 Å². The third-order valence-corrected chi connectivity index (χ3v) is 5.59. The van der Waals surface area contributed by atoms with Crippen molar-refractivity contribution in [2.24, 2.45) is 0 Å². The molecule has 0 bridgehead atoms. The van der Waals surface area contributed by atoms with Crippen molar-refractivity contribution in [1.82, 2.24) is 10.2 Å². The number of imide groups is 1. The lowest BCUT2D eigenvalue weighted by atomic mass is 9.93. The molecule has 5 N–H and O–H groups in total. The van der Waals surface area contributed by atoms with Gasteiger partial charge in [-0.25, -0.2) is 0 Å². The van der Waals surface area contributed by atoms with Gasteiger partial charge >= 0.3 is 0 Å². The van der Waals surface area contributed by atoms with Gasteiger partial charge < -0.3 is 35.2 Å². The van der Waals surface area contributed by atoms with E-state index in [9.17, 15) is 34.8 Å². The Bertz CT molecular complexity index is 1070. The van der Waals surface area contributed by atoms with Crippen LogP contribution in [-0.2, 0) is 9.53 Å². The van der Waals surface area contributed by atoms with E-state index >= 15 is 0 Å². The van der Waals surface area contributed by atoms with E-state index in [4.69, 9.17) is 9.47 Å². The van der Waals surface area contributed by atoms with E-state index in [2.05, 4.69) is 5.32 Å². The third kappa shape index (κ3) is 3.49. The number of rotatable bonds is 5. The van der Waals surface area contributed by atoms with Crippen LogP contribution in [0.4, 0.5) is 0 Å². The van der Waals surface area contributed by atoms with Crippen LogP contribution in [-0.4, -0.2) is 87.0 Å². The van der Waals surface area contributed by atoms with E-state index in [0.717, 1.165) is 4.90 Å². The number of nitrogens with zero attached hydrogens (tertiary/aromatic N) is 1. The van der Waals surface area contributed by atoms with Gasteiger partial charge in [0.05, 0.1) is 6.61 Å². The molecule has 0 saturated carbocycles. The van der Waals surface area contributed by atoms with Gasteiger partial charge in [-0.15, -0.1) is 0 Å². The number of aliphatic hydroxyl groups excluding tert-OH is 4. The van der Waals surface area contributed by atoms with Crippen LogP contribution in [0.15, 0.2) is 30.3 Å². The minimum atomic E-state index is -1.49. The Kier molecular flexibility index (Phi) is 5.84. The summed E-state index contributed by atoms with van der Waals surface area (Å²) in [5.41, 5.74) is 0.395. The molecule has 3 amide bonds. The molecule has 2 aromatic rings. The number of carbonyl (C=O) groups excluding carboxylic acids is 3. The smallest absolute Gasteiger partial charge is 0.263 e. The molecule has 1 fully saturated rings. The predicted molar refractivity (Wildman–Crippen MR) is 108 cm³/mol. The van der Waals surface area contributed by atoms with Gasteiger partial charge in [0.15, 0.2) is 0 Å². The van der Waals surface area contributed by atoms with Crippen molar-refractivity contribution >= 4 is 28.5 Å². The van der Waals surface area contributed by atoms with Gasteiger partial charge in [-0.1, -0.05) is 12.1 Å². The van der Waals surface area contributed by atoms with Crippen molar-refractivity contribution in [2.75, 3.05) is 13.3 Å². The van der Waals surface area contributed by atoms with Crippen molar-refractivity contribution in [3.63, 3.8) is 0 Å². The Labute approximate surface area is 181 Å². The maximum Gasteiger partial charge on any atom is 0.263 e. The number of hydrogen-bond acceptors (Lipinski definition) is 9. The fraction of sp³-hybridized carbons (Fsp3) is 0.381. The first-order chi connectivity index (χ1) is 15.3. The molecule has 0 aromatic heterocycles. The van der Waals surface area contributed by atoms with E-state index in [1.807, 2.05) is 0 Å². The van der Waals surface area contributed by atoms with Gasteiger partial charge in [0, 0.05) is 28.8 Å². The molecule has 11 heteroatoms. The molecule has 32 heavy (non-hydrogen) atoms. The second-order valence-electron chi connectivity index (χ2n) is 7.57. The average molecular weight is 446 g/mol. The molecule has 2 aliphatic rings. The highest BCUT2D eigenvalue weighted by atomic mass is 16.7. The monoisotopic (exact) mass is 446 g/mol. The molecular weight excluding hydrogens is 424 g/mol. The first-order valence-corrected chi connectivity index (χ1v) is 9.87. The zero-order valence-electron chi connectivity index (χ0n) is 17.0. The van der Waals surface area contributed by atoms with Crippen LogP contribution in [0, 0.1) is 0 Å². The Hall–Kier alpha value is -3.09. The summed E-state index contributed by atoms with van der Waals surface area (Å²) in [6, 6.07) is 6.46. The molecule has 2 aliphatic heterocycles. The van der Waals surface area contributed by atoms with E-state index in [0.29, 0.717) is 10.8 Å². The van der Waals surface area contributed by atoms with Crippen LogP contribution < -0.4 is 10.1 Å². The summed E-state index contributed by atoms with van der Waals surface area (Å²) in [6.45, 7) is -0.140. The van der Waals surface area contributed by atoms with Crippen molar-refractivity contribution < 1.29 is 44.3 Å². The van der Waals surface area contributed by atoms with Crippen LogP contribution >= 0.6 is 0 Å². The second kappa shape index (κ2) is 8.45. The summed E-state index contributed by atoms with van der Waals surface area (Å²) in [7, 11) is 0. The zero-order chi connectivity index (χ0) is 23.2. The number of nitrogens with one attached hydrogen (secondary N) is 1. The maximum atomic E-state index is 12.6. The first kappa shape index (κ1) is 22.1. The van der Waals surface area contributed by atoms with Gasteiger partial charge in [0.1, 0.15) is 36.8 Å². The molecule has 1 unspecified atom stereocenters. The molecule has 11 nitrogen and oxygen atoms in total. The van der Waals surface area contributed by atoms with E-state index in [-0.39, 0.29) is 16.9 Å². The highest BCUT2D eigenvalue weighted by molar-refractivity contribution is 6.26. The zero-order valence-corrected chi connectivity index (χ0v) is 17.0. The van der Waals surface area contributed by atoms with Crippen LogP contribution in [0.25, 0.3) is 10.8 Å². The number of carbonyl (C=O) groups is 3. The minimum Gasteiger partial charge on any atom is -0.462 e. The Morgan fingerprint density at radius 3 is 2.41 bits per heavy atom. The Morgan fingerprint density at radius 1 is 1.09 bits per heavy atom.